The Morgan fingerprint density at radius 2 is 1.65 bits per heavy atom. The van der Waals surface area contributed by atoms with Gasteiger partial charge in [0.25, 0.3) is 0 Å². The van der Waals surface area contributed by atoms with Crippen LogP contribution in [-0.4, -0.2) is 32.6 Å². The zero-order valence-electron chi connectivity index (χ0n) is 13.3. The highest BCUT2D eigenvalue weighted by Crippen LogP contribution is 2.24. The molecule has 0 N–H and O–H groups in total. The summed E-state index contributed by atoms with van der Waals surface area (Å²) >= 11 is 0. The smallest absolute Gasteiger partial charge is 0.338 e. The highest BCUT2D eigenvalue weighted by Gasteiger charge is 2.16. The number of aryl methyl sites for hydroxylation is 1. The second-order valence-electron chi connectivity index (χ2n) is 4.93. The second kappa shape index (κ2) is 7.45. The number of carbonyl (C=O) groups excluding carboxylic acids is 2. The molecule has 0 saturated heterocycles. The van der Waals surface area contributed by atoms with Gasteiger partial charge in [-0.25, -0.2) is 4.79 Å². The number of benzene rings is 2. The van der Waals surface area contributed by atoms with E-state index in [0.29, 0.717) is 22.6 Å². The first-order chi connectivity index (χ1) is 11.0. The lowest BCUT2D eigenvalue weighted by Gasteiger charge is -2.10. The summed E-state index contributed by atoms with van der Waals surface area (Å²) in [5.74, 6) is 0.0302. The number of hydrogen-bond donors (Lipinski definition) is 0. The fraction of sp³-hybridized carbons (Fsp3) is 0.222. The van der Waals surface area contributed by atoms with Crippen molar-refractivity contribution in [1.29, 1.82) is 0 Å². The van der Waals surface area contributed by atoms with Crippen LogP contribution in [0.15, 0.2) is 42.5 Å². The monoisotopic (exact) mass is 314 g/mol. The predicted molar refractivity (Wildman–Crippen MR) is 85.3 cm³/mol. The number of rotatable bonds is 6. The second-order valence-corrected chi connectivity index (χ2v) is 4.93. The number of Topliss-reactive ketones (excluding diaryl/α,β-unsaturated/α-hetero) is 1. The molecule has 0 aliphatic heterocycles. The quantitative estimate of drug-likeness (QED) is 0.606. The van der Waals surface area contributed by atoms with Crippen LogP contribution in [-0.2, 0) is 4.74 Å². The van der Waals surface area contributed by atoms with Gasteiger partial charge in [0.05, 0.1) is 25.3 Å². The number of methoxy groups -OCH3 is 2. The van der Waals surface area contributed by atoms with E-state index >= 15 is 0 Å². The highest BCUT2D eigenvalue weighted by atomic mass is 16.5. The summed E-state index contributed by atoms with van der Waals surface area (Å²) in [5.41, 5.74) is 1.75. The van der Waals surface area contributed by atoms with Crippen LogP contribution in [0.2, 0.25) is 0 Å². The SMILES string of the molecule is COc1ccc(OC)c(C(=O)COC(=O)c2ccc(C)cc2)c1. The third kappa shape index (κ3) is 4.10. The molecule has 0 saturated carbocycles. The van der Waals surface area contributed by atoms with Gasteiger partial charge in [0.2, 0.25) is 5.78 Å². The average molecular weight is 314 g/mol. The van der Waals surface area contributed by atoms with E-state index in [0.717, 1.165) is 5.56 Å². The molecule has 120 valence electrons. The fourth-order valence-corrected chi connectivity index (χ4v) is 2.01. The Morgan fingerprint density at radius 3 is 2.26 bits per heavy atom. The molecule has 5 nitrogen and oxygen atoms in total. The molecule has 0 fully saturated rings. The van der Waals surface area contributed by atoms with Gasteiger partial charge in [0.15, 0.2) is 6.61 Å². The van der Waals surface area contributed by atoms with Gasteiger partial charge in [-0.1, -0.05) is 17.7 Å². The average Bonchev–Trinajstić information content (AvgIpc) is 2.59. The Bertz CT molecular complexity index is 704. The van der Waals surface area contributed by atoms with Crippen LogP contribution in [0.25, 0.3) is 0 Å². The third-order valence-electron chi connectivity index (χ3n) is 3.33. The molecule has 0 atom stereocenters. The van der Waals surface area contributed by atoms with Crippen LogP contribution in [0.5, 0.6) is 11.5 Å². The van der Waals surface area contributed by atoms with E-state index in [-0.39, 0.29) is 12.4 Å². The van der Waals surface area contributed by atoms with Crippen molar-refractivity contribution in [3.05, 3.63) is 59.2 Å². The van der Waals surface area contributed by atoms with Crippen LogP contribution in [0.4, 0.5) is 0 Å². The first-order valence-electron chi connectivity index (χ1n) is 7.04. The molecular formula is C18H18O5. The normalized spacial score (nSPS) is 10.0. The van der Waals surface area contributed by atoms with Crippen molar-refractivity contribution in [2.45, 2.75) is 6.92 Å². The molecule has 2 aromatic carbocycles. The highest BCUT2D eigenvalue weighted by molar-refractivity contribution is 6.01. The molecule has 0 unspecified atom stereocenters. The van der Waals surface area contributed by atoms with Crippen molar-refractivity contribution < 1.29 is 23.8 Å². The summed E-state index contributed by atoms with van der Waals surface area (Å²) in [7, 11) is 2.98. The first-order valence-corrected chi connectivity index (χ1v) is 7.04. The van der Waals surface area contributed by atoms with Crippen LogP contribution in [0.1, 0.15) is 26.3 Å². The minimum atomic E-state index is -0.541. The molecule has 2 rings (SSSR count). The van der Waals surface area contributed by atoms with Crippen molar-refractivity contribution in [3.63, 3.8) is 0 Å². The number of carbonyl (C=O) groups is 2. The van der Waals surface area contributed by atoms with Crippen LogP contribution in [0, 0.1) is 6.92 Å². The van der Waals surface area contributed by atoms with Gasteiger partial charge >= 0.3 is 5.97 Å². The standard InChI is InChI=1S/C18H18O5/c1-12-4-6-13(7-5-12)18(20)23-11-16(19)15-10-14(21-2)8-9-17(15)22-3/h4-10H,11H2,1-3H3. The maximum atomic E-state index is 12.3. The van der Waals surface area contributed by atoms with E-state index in [1.54, 1.807) is 30.3 Å². The van der Waals surface area contributed by atoms with Crippen molar-refractivity contribution >= 4 is 11.8 Å². The topological polar surface area (TPSA) is 61.8 Å². The molecule has 5 heteroatoms. The van der Waals surface area contributed by atoms with Gasteiger partial charge in [0.1, 0.15) is 11.5 Å². The van der Waals surface area contributed by atoms with Crippen molar-refractivity contribution in [1.82, 2.24) is 0 Å². The zero-order chi connectivity index (χ0) is 16.8. The fourth-order valence-electron chi connectivity index (χ4n) is 2.01. The summed E-state index contributed by atoms with van der Waals surface area (Å²) in [6.45, 7) is 1.56. The first kappa shape index (κ1) is 16.5. The van der Waals surface area contributed by atoms with Crippen LogP contribution in [0.3, 0.4) is 0 Å². The minimum absolute atomic E-state index is 0.309. The largest absolute Gasteiger partial charge is 0.497 e. The molecule has 0 heterocycles. The zero-order valence-corrected chi connectivity index (χ0v) is 13.3. The molecule has 0 aliphatic carbocycles. The lowest BCUT2D eigenvalue weighted by Crippen LogP contribution is -2.15. The number of ketones is 1. The summed E-state index contributed by atoms with van der Waals surface area (Å²) in [4.78, 5) is 24.2. The van der Waals surface area contributed by atoms with Crippen molar-refractivity contribution in [2.24, 2.45) is 0 Å². The molecule has 0 spiro atoms. The predicted octanol–water partition coefficient (Wildman–Crippen LogP) is 3.05. The summed E-state index contributed by atoms with van der Waals surface area (Å²) < 4.78 is 15.3. The van der Waals surface area contributed by atoms with Crippen molar-refractivity contribution in [2.75, 3.05) is 20.8 Å². The van der Waals surface area contributed by atoms with E-state index in [9.17, 15) is 9.59 Å². The lowest BCUT2D eigenvalue weighted by molar-refractivity contribution is 0.0474. The van der Waals surface area contributed by atoms with Gasteiger partial charge in [-0.2, -0.15) is 0 Å². The molecule has 0 bridgehead atoms. The molecule has 23 heavy (non-hydrogen) atoms. The number of esters is 1. The minimum Gasteiger partial charge on any atom is -0.497 e. The molecular weight excluding hydrogens is 296 g/mol. The Balaban J connectivity index is 2.07. The van der Waals surface area contributed by atoms with E-state index < -0.39 is 5.97 Å². The lowest BCUT2D eigenvalue weighted by atomic mass is 10.1. The summed E-state index contributed by atoms with van der Waals surface area (Å²) in [6, 6.07) is 11.8. The Kier molecular flexibility index (Phi) is 5.36. The summed E-state index contributed by atoms with van der Waals surface area (Å²) in [6.07, 6.45) is 0. The van der Waals surface area contributed by atoms with Crippen molar-refractivity contribution in [3.8, 4) is 11.5 Å². The Labute approximate surface area is 134 Å². The molecule has 0 aliphatic rings. The molecule has 0 radical (unpaired) electrons. The van der Waals surface area contributed by atoms with Gasteiger partial charge in [0, 0.05) is 0 Å². The van der Waals surface area contributed by atoms with Crippen LogP contribution >= 0.6 is 0 Å². The van der Waals surface area contributed by atoms with Gasteiger partial charge in [-0.05, 0) is 37.3 Å². The molecule has 0 aromatic heterocycles. The summed E-state index contributed by atoms with van der Waals surface area (Å²) in [5, 5.41) is 0. The van der Waals surface area contributed by atoms with Gasteiger partial charge in [-0.15, -0.1) is 0 Å². The number of hydrogen-bond acceptors (Lipinski definition) is 5. The van der Waals surface area contributed by atoms with E-state index in [1.165, 1.54) is 14.2 Å². The van der Waals surface area contributed by atoms with Gasteiger partial charge in [-0.3, -0.25) is 4.79 Å². The Hall–Kier alpha value is -2.82. The Morgan fingerprint density at radius 1 is 0.957 bits per heavy atom. The van der Waals surface area contributed by atoms with E-state index in [4.69, 9.17) is 14.2 Å². The van der Waals surface area contributed by atoms with Crippen LogP contribution < -0.4 is 9.47 Å². The number of ether oxygens (including phenoxy) is 3. The maximum absolute atomic E-state index is 12.3. The molecule has 2 aromatic rings. The molecule has 0 amide bonds. The van der Waals surface area contributed by atoms with E-state index in [2.05, 4.69) is 0 Å². The van der Waals surface area contributed by atoms with E-state index in [1.807, 2.05) is 19.1 Å². The third-order valence-corrected chi connectivity index (χ3v) is 3.33. The van der Waals surface area contributed by atoms with Gasteiger partial charge < -0.3 is 14.2 Å². The maximum Gasteiger partial charge on any atom is 0.338 e.